The predicted molar refractivity (Wildman–Crippen MR) is 222 cm³/mol. The number of phosphoric ester groups is 1. The van der Waals surface area contributed by atoms with Gasteiger partial charge in [-0.05, 0) is 56.8 Å². The van der Waals surface area contributed by atoms with Crippen LogP contribution in [0.2, 0.25) is 0 Å². The molecular weight excluding hydrogens is 635 g/mol. The van der Waals surface area contributed by atoms with E-state index >= 15 is 0 Å². The largest absolute Gasteiger partial charge is 0.645 e. The van der Waals surface area contributed by atoms with Crippen molar-refractivity contribution in [3.05, 3.63) is 37.0 Å². The highest BCUT2D eigenvalue weighted by Crippen LogP contribution is 2.50. The van der Waals surface area contributed by atoms with Gasteiger partial charge in [-0.1, -0.05) is 213 Å². The molecule has 0 saturated heterocycles. The first-order chi connectivity index (χ1) is 24.7. The van der Waals surface area contributed by atoms with E-state index in [9.17, 15) is 4.57 Å². The van der Waals surface area contributed by atoms with Gasteiger partial charge in [0, 0.05) is 0 Å². The molecule has 0 amide bonds. The van der Waals surface area contributed by atoms with E-state index in [1.165, 1.54) is 211 Å². The van der Waals surface area contributed by atoms with Gasteiger partial charge in [-0.2, -0.15) is 4.57 Å². The molecule has 0 aliphatic carbocycles. The van der Waals surface area contributed by atoms with Crippen molar-refractivity contribution in [3.63, 3.8) is 0 Å². The SMILES string of the molecule is CCCCCCCCCCCCC/C=C/OP(=O)(O/C=C/CCCCCCCCCCCCC)O/C=C/CCCCCCCCCCCCC. The van der Waals surface area contributed by atoms with Crippen molar-refractivity contribution < 1.29 is 18.1 Å². The Morgan fingerprint density at radius 2 is 0.480 bits per heavy atom. The van der Waals surface area contributed by atoms with Crippen LogP contribution in [0.1, 0.15) is 252 Å². The van der Waals surface area contributed by atoms with E-state index in [4.69, 9.17) is 13.6 Å². The van der Waals surface area contributed by atoms with Gasteiger partial charge in [-0.25, -0.2) is 0 Å². The van der Waals surface area contributed by atoms with Crippen molar-refractivity contribution in [3.8, 4) is 0 Å². The lowest BCUT2D eigenvalue weighted by molar-refractivity contribution is 0.229. The van der Waals surface area contributed by atoms with E-state index in [1.54, 1.807) is 0 Å². The smallest absolute Gasteiger partial charge is 0.394 e. The van der Waals surface area contributed by atoms with Gasteiger partial charge in [0.25, 0.3) is 0 Å². The molecule has 296 valence electrons. The molecule has 0 heterocycles. The Kier molecular flexibility index (Phi) is 41.3. The van der Waals surface area contributed by atoms with Crippen LogP contribution in [0.3, 0.4) is 0 Å². The van der Waals surface area contributed by atoms with Crippen LogP contribution in [0, 0.1) is 0 Å². The summed E-state index contributed by atoms with van der Waals surface area (Å²) in [6, 6.07) is 0. The van der Waals surface area contributed by atoms with E-state index in [1.807, 2.05) is 18.2 Å². The second kappa shape index (κ2) is 42.3. The van der Waals surface area contributed by atoms with Crippen molar-refractivity contribution >= 4 is 7.82 Å². The molecule has 0 atom stereocenters. The molecule has 0 N–H and O–H groups in total. The molecule has 0 aromatic carbocycles. The normalized spacial score (nSPS) is 12.2. The van der Waals surface area contributed by atoms with Crippen LogP contribution in [-0.2, 0) is 18.1 Å². The van der Waals surface area contributed by atoms with Gasteiger partial charge >= 0.3 is 7.82 Å². The van der Waals surface area contributed by atoms with Gasteiger partial charge in [-0.15, -0.1) is 0 Å². The molecule has 0 unspecified atom stereocenters. The third kappa shape index (κ3) is 39.6. The fourth-order valence-corrected chi connectivity index (χ4v) is 7.27. The monoisotopic (exact) mass is 723 g/mol. The number of allylic oxidation sites excluding steroid dienone is 3. The molecule has 0 aliphatic heterocycles. The van der Waals surface area contributed by atoms with Crippen molar-refractivity contribution in [2.45, 2.75) is 252 Å². The summed E-state index contributed by atoms with van der Waals surface area (Å²) in [5.41, 5.74) is 0. The van der Waals surface area contributed by atoms with Crippen molar-refractivity contribution in [2.24, 2.45) is 0 Å². The van der Waals surface area contributed by atoms with Crippen LogP contribution in [0.4, 0.5) is 0 Å². The van der Waals surface area contributed by atoms with E-state index in [2.05, 4.69) is 20.8 Å². The molecule has 4 nitrogen and oxygen atoms in total. The summed E-state index contributed by atoms with van der Waals surface area (Å²) < 4.78 is 30.1. The van der Waals surface area contributed by atoms with Crippen LogP contribution in [0.5, 0.6) is 0 Å². The van der Waals surface area contributed by atoms with Gasteiger partial charge in [0.05, 0.1) is 18.8 Å². The quantitative estimate of drug-likeness (QED) is 0.0357. The summed E-state index contributed by atoms with van der Waals surface area (Å²) in [6.45, 7) is 6.83. The van der Waals surface area contributed by atoms with Gasteiger partial charge in [0.1, 0.15) is 0 Å². The van der Waals surface area contributed by atoms with Gasteiger partial charge in [-0.3, -0.25) is 0 Å². The Morgan fingerprint density at radius 3 is 0.680 bits per heavy atom. The van der Waals surface area contributed by atoms with Crippen LogP contribution < -0.4 is 0 Å². The Morgan fingerprint density at radius 1 is 0.300 bits per heavy atom. The standard InChI is InChI=1S/C45H87O4P/c1-4-7-10-13-16-19-22-25-28-31-34-37-40-43-47-50(46,48-44-41-38-35-32-29-26-23-20-17-14-11-8-5-2)49-45-42-39-36-33-30-27-24-21-18-15-12-9-6-3/h40-45H,4-39H2,1-3H3/b43-40+,44-41+,45-42+. The highest BCUT2D eigenvalue weighted by atomic mass is 31.2. The average molecular weight is 723 g/mol. The van der Waals surface area contributed by atoms with Crippen molar-refractivity contribution in [1.29, 1.82) is 0 Å². The molecule has 0 spiro atoms. The number of hydrogen-bond donors (Lipinski definition) is 0. The van der Waals surface area contributed by atoms with E-state index in [-0.39, 0.29) is 0 Å². The Bertz CT molecular complexity index is 677. The summed E-state index contributed by atoms with van der Waals surface area (Å²) in [5.74, 6) is 0. The van der Waals surface area contributed by atoms with Crippen LogP contribution in [0.25, 0.3) is 0 Å². The first-order valence-electron chi connectivity index (χ1n) is 22.3. The molecule has 50 heavy (non-hydrogen) atoms. The molecule has 0 saturated carbocycles. The topological polar surface area (TPSA) is 44.8 Å². The second-order valence-electron chi connectivity index (χ2n) is 14.9. The van der Waals surface area contributed by atoms with E-state index in [0.717, 1.165) is 38.5 Å². The lowest BCUT2D eigenvalue weighted by atomic mass is 10.1. The maximum absolute atomic E-state index is 13.3. The minimum absolute atomic E-state index is 0.917. The first kappa shape index (κ1) is 48.9. The highest BCUT2D eigenvalue weighted by Gasteiger charge is 2.27. The van der Waals surface area contributed by atoms with Crippen LogP contribution >= 0.6 is 7.82 Å². The third-order valence-corrected chi connectivity index (χ3v) is 10.9. The summed E-state index contributed by atoms with van der Waals surface area (Å²) in [6.07, 6.45) is 57.1. The molecule has 5 heteroatoms. The predicted octanol–water partition coefficient (Wildman–Crippen LogP) is 17.8. The lowest BCUT2D eigenvalue weighted by Gasteiger charge is -2.13. The number of rotatable bonds is 42. The average Bonchev–Trinajstić information content (AvgIpc) is 3.12. The molecule has 0 aromatic rings. The van der Waals surface area contributed by atoms with Crippen molar-refractivity contribution in [1.82, 2.24) is 0 Å². The van der Waals surface area contributed by atoms with Gasteiger partial charge in [0.2, 0.25) is 0 Å². The summed E-state index contributed by atoms with van der Waals surface area (Å²) in [4.78, 5) is 0. The highest BCUT2D eigenvalue weighted by molar-refractivity contribution is 7.48. The lowest BCUT2D eigenvalue weighted by Crippen LogP contribution is -1.89. The zero-order valence-electron chi connectivity index (χ0n) is 34.0. The van der Waals surface area contributed by atoms with Gasteiger partial charge in [0.15, 0.2) is 0 Å². The molecular formula is C45H87O4P. The molecule has 0 bridgehead atoms. The maximum Gasteiger partial charge on any atom is 0.645 e. The molecule has 0 fully saturated rings. The fraction of sp³-hybridized carbons (Fsp3) is 0.867. The Labute approximate surface area is 314 Å². The van der Waals surface area contributed by atoms with E-state index < -0.39 is 7.82 Å². The minimum atomic E-state index is -3.73. The minimum Gasteiger partial charge on any atom is -0.394 e. The molecule has 0 radical (unpaired) electrons. The van der Waals surface area contributed by atoms with Gasteiger partial charge < -0.3 is 13.6 Å². The Hall–Kier alpha value is -1.15. The van der Waals surface area contributed by atoms with Crippen molar-refractivity contribution in [2.75, 3.05) is 0 Å². The fourth-order valence-electron chi connectivity index (χ4n) is 6.41. The molecule has 0 aliphatic rings. The summed E-state index contributed by atoms with van der Waals surface area (Å²) in [5, 5.41) is 0. The maximum atomic E-state index is 13.3. The number of unbranched alkanes of at least 4 members (excludes halogenated alkanes) is 33. The second-order valence-corrected chi connectivity index (χ2v) is 16.4. The zero-order valence-corrected chi connectivity index (χ0v) is 34.9. The third-order valence-electron chi connectivity index (χ3n) is 9.78. The molecule has 0 aromatic heterocycles. The number of phosphoric acid groups is 1. The molecule has 0 rings (SSSR count). The van der Waals surface area contributed by atoms with Crippen LogP contribution in [-0.4, -0.2) is 0 Å². The van der Waals surface area contributed by atoms with E-state index in [0.29, 0.717) is 0 Å². The van der Waals surface area contributed by atoms with Crippen LogP contribution in [0.15, 0.2) is 37.0 Å². The first-order valence-corrected chi connectivity index (χ1v) is 23.7. The summed E-state index contributed by atoms with van der Waals surface area (Å²) in [7, 11) is -3.73. The summed E-state index contributed by atoms with van der Waals surface area (Å²) >= 11 is 0. The Balaban J connectivity index is 4.30. The number of hydrogen-bond acceptors (Lipinski definition) is 4. The zero-order chi connectivity index (χ0) is 36.3.